The Hall–Kier alpha value is -0.810. The maximum Gasteiger partial charge on any atom is 0.410 e. The summed E-state index contributed by atoms with van der Waals surface area (Å²) in [5.41, 5.74) is -0.465. The van der Waals surface area contributed by atoms with E-state index in [9.17, 15) is 9.90 Å². The number of piperazine rings is 1. The van der Waals surface area contributed by atoms with Crippen LogP contribution < -0.4 is 0 Å². The lowest BCUT2D eigenvalue weighted by Crippen LogP contribution is -2.56. The average Bonchev–Trinajstić information content (AvgIpc) is 2.25. The van der Waals surface area contributed by atoms with Gasteiger partial charge in [0.15, 0.2) is 0 Å². The Bertz CT molecular complexity index is 263. The lowest BCUT2D eigenvalue weighted by Gasteiger charge is -2.40. The number of likely N-dealkylation sites (N-methyl/N-ethyl adjacent to an activating group) is 1. The van der Waals surface area contributed by atoms with Crippen LogP contribution in [0.15, 0.2) is 0 Å². The fraction of sp³-hybridized carbons (Fsp3) is 0.917. The van der Waals surface area contributed by atoms with Crippen LogP contribution in [0.1, 0.15) is 27.7 Å². The van der Waals surface area contributed by atoms with E-state index in [0.29, 0.717) is 13.1 Å². The SMILES string of the molecule is CCN1CCN(C(=O)OC(C)(C)C)CC1CO. The third kappa shape index (κ3) is 4.16. The van der Waals surface area contributed by atoms with Gasteiger partial charge in [-0.2, -0.15) is 0 Å². The van der Waals surface area contributed by atoms with Crippen molar-refractivity contribution in [3.63, 3.8) is 0 Å². The number of carbonyl (C=O) groups excluding carboxylic acids is 1. The number of carbonyl (C=O) groups is 1. The van der Waals surface area contributed by atoms with Crippen LogP contribution in [0, 0.1) is 0 Å². The molecule has 1 amide bonds. The predicted octanol–water partition coefficient (Wildman–Crippen LogP) is 0.920. The molecule has 100 valence electrons. The van der Waals surface area contributed by atoms with Gasteiger partial charge in [-0.05, 0) is 27.3 Å². The van der Waals surface area contributed by atoms with Crippen LogP contribution >= 0.6 is 0 Å². The molecule has 0 aromatic heterocycles. The summed E-state index contributed by atoms with van der Waals surface area (Å²) in [6.07, 6.45) is -0.285. The molecular formula is C12H24N2O3. The summed E-state index contributed by atoms with van der Waals surface area (Å²) in [5, 5.41) is 9.30. The topological polar surface area (TPSA) is 53.0 Å². The molecule has 0 aliphatic carbocycles. The summed E-state index contributed by atoms with van der Waals surface area (Å²) in [7, 11) is 0. The third-order valence-electron chi connectivity index (χ3n) is 2.87. The molecule has 5 heteroatoms. The van der Waals surface area contributed by atoms with Gasteiger partial charge in [-0.25, -0.2) is 4.79 Å². The largest absolute Gasteiger partial charge is 0.444 e. The number of aliphatic hydroxyl groups is 1. The zero-order valence-corrected chi connectivity index (χ0v) is 11.3. The minimum Gasteiger partial charge on any atom is -0.444 e. The van der Waals surface area contributed by atoms with Crippen molar-refractivity contribution in [1.29, 1.82) is 0 Å². The second-order valence-electron chi connectivity index (χ2n) is 5.39. The van der Waals surface area contributed by atoms with Crippen molar-refractivity contribution in [2.24, 2.45) is 0 Å². The fourth-order valence-corrected chi connectivity index (χ4v) is 1.97. The van der Waals surface area contributed by atoms with Gasteiger partial charge in [-0.15, -0.1) is 0 Å². The van der Waals surface area contributed by atoms with E-state index in [1.54, 1.807) is 4.90 Å². The minimum absolute atomic E-state index is 0.0290. The first kappa shape index (κ1) is 14.3. The van der Waals surface area contributed by atoms with Crippen molar-refractivity contribution in [2.45, 2.75) is 39.3 Å². The Morgan fingerprint density at radius 3 is 2.53 bits per heavy atom. The van der Waals surface area contributed by atoms with E-state index in [1.807, 2.05) is 20.8 Å². The van der Waals surface area contributed by atoms with Crippen LogP contribution in [0.3, 0.4) is 0 Å². The van der Waals surface area contributed by atoms with Gasteiger partial charge in [0.25, 0.3) is 0 Å². The Balaban J connectivity index is 2.54. The van der Waals surface area contributed by atoms with E-state index in [4.69, 9.17) is 4.74 Å². The zero-order valence-electron chi connectivity index (χ0n) is 11.3. The van der Waals surface area contributed by atoms with Crippen LogP contribution in [0.25, 0.3) is 0 Å². The first-order valence-corrected chi connectivity index (χ1v) is 6.20. The normalized spacial score (nSPS) is 22.6. The predicted molar refractivity (Wildman–Crippen MR) is 65.9 cm³/mol. The van der Waals surface area contributed by atoms with Gasteiger partial charge >= 0.3 is 6.09 Å². The summed E-state index contributed by atoms with van der Waals surface area (Å²) in [4.78, 5) is 15.7. The number of amides is 1. The minimum atomic E-state index is -0.465. The number of rotatable bonds is 2. The smallest absolute Gasteiger partial charge is 0.410 e. The summed E-state index contributed by atoms with van der Waals surface area (Å²) in [6.45, 7) is 10.6. The summed E-state index contributed by atoms with van der Waals surface area (Å²) in [6, 6.07) is 0.0290. The van der Waals surface area contributed by atoms with Crippen molar-refractivity contribution in [1.82, 2.24) is 9.80 Å². The van der Waals surface area contributed by atoms with Gasteiger partial charge in [-0.1, -0.05) is 6.92 Å². The fourth-order valence-electron chi connectivity index (χ4n) is 1.97. The molecule has 5 nitrogen and oxygen atoms in total. The average molecular weight is 244 g/mol. The van der Waals surface area contributed by atoms with Gasteiger partial charge in [0.05, 0.1) is 12.6 Å². The quantitative estimate of drug-likeness (QED) is 0.785. The highest BCUT2D eigenvalue weighted by atomic mass is 16.6. The molecule has 1 atom stereocenters. The van der Waals surface area contributed by atoms with Crippen molar-refractivity contribution in [3.05, 3.63) is 0 Å². The highest BCUT2D eigenvalue weighted by molar-refractivity contribution is 5.68. The molecule has 0 aromatic rings. The molecule has 0 saturated carbocycles. The third-order valence-corrected chi connectivity index (χ3v) is 2.87. The number of ether oxygens (including phenoxy) is 1. The van der Waals surface area contributed by atoms with Crippen LogP contribution in [0.4, 0.5) is 4.79 Å². The van der Waals surface area contributed by atoms with E-state index in [1.165, 1.54) is 0 Å². The Morgan fingerprint density at radius 2 is 2.06 bits per heavy atom. The molecule has 1 aliphatic heterocycles. The van der Waals surface area contributed by atoms with Crippen LogP contribution in [0.5, 0.6) is 0 Å². The zero-order chi connectivity index (χ0) is 13.1. The Morgan fingerprint density at radius 1 is 1.41 bits per heavy atom. The summed E-state index contributed by atoms with van der Waals surface area (Å²) >= 11 is 0. The molecule has 1 aliphatic rings. The number of nitrogens with zero attached hydrogens (tertiary/aromatic N) is 2. The van der Waals surface area contributed by atoms with Gasteiger partial charge in [-0.3, -0.25) is 4.90 Å². The lowest BCUT2D eigenvalue weighted by molar-refractivity contribution is -0.00311. The van der Waals surface area contributed by atoms with E-state index in [0.717, 1.165) is 13.1 Å². The second-order valence-corrected chi connectivity index (χ2v) is 5.39. The number of hydrogen-bond acceptors (Lipinski definition) is 4. The van der Waals surface area contributed by atoms with Crippen molar-refractivity contribution in [2.75, 3.05) is 32.8 Å². The van der Waals surface area contributed by atoms with Crippen LogP contribution in [0.2, 0.25) is 0 Å². The molecule has 1 saturated heterocycles. The standard InChI is InChI=1S/C12H24N2O3/c1-5-13-6-7-14(8-10(13)9-15)11(16)17-12(2,3)4/h10,15H,5-9H2,1-4H3. The summed E-state index contributed by atoms with van der Waals surface area (Å²) < 4.78 is 5.33. The maximum atomic E-state index is 11.9. The number of hydrogen-bond donors (Lipinski definition) is 1. The van der Waals surface area contributed by atoms with Gasteiger partial charge in [0.2, 0.25) is 0 Å². The lowest BCUT2D eigenvalue weighted by atomic mass is 10.2. The van der Waals surface area contributed by atoms with E-state index < -0.39 is 5.60 Å². The molecule has 1 unspecified atom stereocenters. The Kier molecular flexibility index (Phi) is 4.77. The molecule has 0 aromatic carbocycles. The van der Waals surface area contributed by atoms with Crippen molar-refractivity contribution >= 4 is 6.09 Å². The summed E-state index contributed by atoms with van der Waals surface area (Å²) in [5.74, 6) is 0. The van der Waals surface area contributed by atoms with Crippen molar-refractivity contribution < 1.29 is 14.6 Å². The molecule has 0 radical (unpaired) electrons. The molecular weight excluding hydrogens is 220 g/mol. The van der Waals surface area contributed by atoms with E-state index >= 15 is 0 Å². The van der Waals surface area contributed by atoms with E-state index in [-0.39, 0.29) is 18.7 Å². The van der Waals surface area contributed by atoms with Gasteiger partial charge in [0.1, 0.15) is 5.60 Å². The molecule has 1 fully saturated rings. The van der Waals surface area contributed by atoms with Crippen molar-refractivity contribution in [3.8, 4) is 0 Å². The second kappa shape index (κ2) is 5.69. The molecule has 17 heavy (non-hydrogen) atoms. The molecule has 0 bridgehead atoms. The number of aliphatic hydroxyl groups excluding tert-OH is 1. The molecule has 1 rings (SSSR count). The molecule has 1 heterocycles. The maximum absolute atomic E-state index is 11.9. The molecule has 0 spiro atoms. The highest BCUT2D eigenvalue weighted by Crippen LogP contribution is 2.14. The first-order chi connectivity index (χ1) is 7.87. The molecule has 1 N–H and O–H groups in total. The van der Waals surface area contributed by atoms with Crippen LogP contribution in [-0.2, 0) is 4.74 Å². The van der Waals surface area contributed by atoms with Gasteiger partial charge in [0, 0.05) is 19.6 Å². The van der Waals surface area contributed by atoms with Crippen LogP contribution in [-0.4, -0.2) is 65.4 Å². The van der Waals surface area contributed by atoms with E-state index in [2.05, 4.69) is 11.8 Å². The van der Waals surface area contributed by atoms with Gasteiger partial charge < -0.3 is 14.7 Å². The Labute approximate surface area is 103 Å². The monoisotopic (exact) mass is 244 g/mol. The first-order valence-electron chi connectivity index (χ1n) is 6.20. The highest BCUT2D eigenvalue weighted by Gasteiger charge is 2.30.